The molecule has 0 aromatic heterocycles. The number of rotatable bonds is 0. The lowest BCUT2D eigenvalue weighted by atomic mass is 10.2. The summed E-state index contributed by atoms with van der Waals surface area (Å²) in [6.45, 7) is 1.56. The average molecular weight is 164 g/mol. The van der Waals surface area contributed by atoms with E-state index in [1.54, 1.807) is 19.1 Å². The predicted molar refractivity (Wildman–Crippen MR) is 45.0 cm³/mol. The zero-order valence-corrected chi connectivity index (χ0v) is 6.71. The lowest BCUT2D eigenvalue weighted by Crippen LogP contribution is -1.92. The third kappa shape index (κ3) is 2.73. The van der Waals surface area contributed by atoms with Crippen molar-refractivity contribution in [1.29, 1.82) is 0 Å². The Labute approximate surface area is 70.9 Å². The molecule has 0 aliphatic heterocycles. The van der Waals surface area contributed by atoms with E-state index in [9.17, 15) is 4.39 Å². The molecule has 1 rings (SSSR count). The van der Waals surface area contributed by atoms with Crippen molar-refractivity contribution >= 4 is 0 Å². The quantitative estimate of drug-likeness (QED) is 0.577. The molecule has 0 saturated heterocycles. The molecule has 0 amide bonds. The van der Waals surface area contributed by atoms with E-state index in [1.807, 2.05) is 0 Å². The Hall–Kier alpha value is -1.33. The minimum absolute atomic E-state index is 0.313. The van der Waals surface area contributed by atoms with Gasteiger partial charge in [-0.1, -0.05) is 17.9 Å². The molecule has 12 heavy (non-hydrogen) atoms. The lowest BCUT2D eigenvalue weighted by molar-refractivity contribution is 0.253. The first-order valence-corrected chi connectivity index (χ1v) is 3.63. The highest BCUT2D eigenvalue weighted by Crippen LogP contribution is 2.01. The number of aliphatic hydroxyl groups excluding tert-OH is 1. The van der Waals surface area contributed by atoms with Crippen molar-refractivity contribution in [2.75, 3.05) is 0 Å². The molecule has 0 aliphatic rings. The molecule has 1 N–H and O–H groups in total. The average Bonchev–Trinajstić information content (AvgIpc) is 2.01. The Morgan fingerprint density at radius 2 is 2.25 bits per heavy atom. The molecular weight excluding hydrogens is 155 g/mol. The zero-order valence-electron chi connectivity index (χ0n) is 6.71. The van der Waals surface area contributed by atoms with Gasteiger partial charge in [0.05, 0.1) is 0 Å². The van der Waals surface area contributed by atoms with Gasteiger partial charge in [0.15, 0.2) is 0 Å². The first-order valence-electron chi connectivity index (χ1n) is 3.63. The first kappa shape index (κ1) is 8.76. The van der Waals surface area contributed by atoms with Crippen LogP contribution in [0.15, 0.2) is 24.3 Å². The van der Waals surface area contributed by atoms with Crippen LogP contribution in [-0.2, 0) is 0 Å². The SMILES string of the molecule is C[C@@H](O)C#Cc1cccc(F)c1. The molecule has 1 aromatic rings. The second-order valence-corrected chi connectivity index (χ2v) is 2.46. The maximum absolute atomic E-state index is 12.6. The summed E-state index contributed by atoms with van der Waals surface area (Å²) in [5.41, 5.74) is 0.580. The van der Waals surface area contributed by atoms with Gasteiger partial charge in [-0.15, -0.1) is 0 Å². The van der Waals surface area contributed by atoms with Gasteiger partial charge < -0.3 is 5.11 Å². The van der Waals surface area contributed by atoms with Crippen LogP contribution in [0, 0.1) is 17.7 Å². The van der Waals surface area contributed by atoms with E-state index < -0.39 is 6.10 Å². The molecule has 0 bridgehead atoms. The summed E-state index contributed by atoms with van der Waals surface area (Å²) in [6, 6.07) is 5.96. The van der Waals surface area contributed by atoms with Crippen LogP contribution in [-0.4, -0.2) is 11.2 Å². The molecule has 0 heterocycles. The van der Waals surface area contributed by atoms with Crippen LogP contribution < -0.4 is 0 Å². The fraction of sp³-hybridized carbons (Fsp3) is 0.200. The summed E-state index contributed by atoms with van der Waals surface area (Å²) >= 11 is 0. The first-order chi connectivity index (χ1) is 5.68. The largest absolute Gasteiger partial charge is 0.381 e. The highest BCUT2D eigenvalue weighted by Gasteiger charge is 1.90. The summed E-state index contributed by atoms with van der Waals surface area (Å²) in [5.74, 6) is 4.86. The lowest BCUT2D eigenvalue weighted by Gasteiger charge is -1.90. The molecule has 0 saturated carbocycles. The fourth-order valence-electron chi connectivity index (χ4n) is 0.754. The Balaban J connectivity index is 2.85. The Bertz CT molecular complexity index is 320. The molecule has 0 fully saturated rings. The molecule has 0 unspecified atom stereocenters. The molecule has 1 aromatic carbocycles. The van der Waals surface area contributed by atoms with E-state index in [1.165, 1.54) is 12.1 Å². The number of hydrogen-bond donors (Lipinski definition) is 1. The topological polar surface area (TPSA) is 20.2 Å². The van der Waals surface area contributed by atoms with Crippen molar-refractivity contribution < 1.29 is 9.50 Å². The van der Waals surface area contributed by atoms with Crippen molar-refractivity contribution in [3.63, 3.8) is 0 Å². The van der Waals surface area contributed by atoms with Gasteiger partial charge in [0.2, 0.25) is 0 Å². The third-order valence-electron chi connectivity index (χ3n) is 1.25. The van der Waals surface area contributed by atoms with Crippen molar-refractivity contribution in [2.24, 2.45) is 0 Å². The van der Waals surface area contributed by atoms with Crippen molar-refractivity contribution in [1.82, 2.24) is 0 Å². The molecule has 0 aliphatic carbocycles. The van der Waals surface area contributed by atoms with Crippen molar-refractivity contribution in [2.45, 2.75) is 13.0 Å². The van der Waals surface area contributed by atoms with Crippen LogP contribution in [0.3, 0.4) is 0 Å². The molecule has 0 radical (unpaired) electrons. The summed E-state index contributed by atoms with van der Waals surface area (Å²) in [4.78, 5) is 0. The molecule has 2 heteroatoms. The van der Waals surface area contributed by atoms with E-state index in [-0.39, 0.29) is 5.82 Å². The van der Waals surface area contributed by atoms with Gasteiger partial charge in [-0.2, -0.15) is 0 Å². The second kappa shape index (κ2) is 3.89. The Morgan fingerprint density at radius 3 is 2.83 bits per heavy atom. The number of halogens is 1. The highest BCUT2D eigenvalue weighted by atomic mass is 19.1. The number of hydrogen-bond acceptors (Lipinski definition) is 1. The van der Waals surface area contributed by atoms with Gasteiger partial charge in [-0.3, -0.25) is 0 Å². The van der Waals surface area contributed by atoms with Gasteiger partial charge in [0.1, 0.15) is 11.9 Å². The third-order valence-corrected chi connectivity index (χ3v) is 1.25. The van der Waals surface area contributed by atoms with Gasteiger partial charge >= 0.3 is 0 Å². The van der Waals surface area contributed by atoms with E-state index in [0.717, 1.165) is 0 Å². The van der Waals surface area contributed by atoms with E-state index in [2.05, 4.69) is 11.8 Å². The van der Waals surface area contributed by atoms with Gasteiger partial charge in [-0.05, 0) is 25.1 Å². The monoisotopic (exact) mass is 164 g/mol. The van der Waals surface area contributed by atoms with Crippen molar-refractivity contribution in [3.8, 4) is 11.8 Å². The molecule has 62 valence electrons. The second-order valence-electron chi connectivity index (χ2n) is 2.46. The zero-order chi connectivity index (χ0) is 8.97. The van der Waals surface area contributed by atoms with E-state index in [4.69, 9.17) is 5.11 Å². The summed E-state index contributed by atoms with van der Waals surface area (Å²) in [6.07, 6.45) is -0.673. The minimum Gasteiger partial charge on any atom is -0.381 e. The molecule has 0 spiro atoms. The molecular formula is C10H9FO. The van der Waals surface area contributed by atoms with Crippen LogP contribution in [0.5, 0.6) is 0 Å². The van der Waals surface area contributed by atoms with E-state index >= 15 is 0 Å². The summed E-state index contributed by atoms with van der Waals surface area (Å²) in [5, 5.41) is 8.82. The van der Waals surface area contributed by atoms with Crippen LogP contribution in [0.4, 0.5) is 4.39 Å². The van der Waals surface area contributed by atoms with Gasteiger partial charge in [-0.25, -0.2) is 4.39 Å². The number of benzene rings is 1. The maximum Gasteiger partial charge on any atom is 0.124 e. The predicted octanol–water partition coefficient (Wildman–Crippen LogP) is 1.56. The Kier molecular flexibility index (Phi) is 2.84. The maximum atomic E-state index is 12.6. The molecule has 1 atom stereocenters. The summed E-state index contributed by atoms with van der Waals surface area (Å²) in [7, 11) is 0. The van der Waals surface area contributed by atoms with Crippen LogP contribution >= 0.6 is 0 Å². The van der Waals surface area contributed by atoms with Gasteiger partial charge in [0, 0.05) is 5.56 Å². The smallest absolute Gasteiger partial charge is 0.124 e. The summed E-state index contributed by atoms with van der Waals surface area (Å²) < 4.78 is 12.6. The Morgan fingerprint density at radius 1 is 1.50 bits per heavy atom. The highest BCUT2D eigenvalue weighted by molar-refractivity contribution is 5.34. The van der Waals surface area contributed by atoms with Crippen LogP contribution in [0.2, 0.25) is 0 Å². The van der Waals surface area contributed by atoms with Gasteiger partial charge in [0.25, 0.3) is 0 Å². The van der Waals surface area contributed by atoms with E-state index in [0.29, 0.717) is 5.56 Å². The molecule has 1 nitrogen and oxygen atoms in total. The standard InChI is InChI=1S/C10H9FO/c1-8(12)5-6-9-3-2-4-10(11)7-9/h2-4,7-8,12H,1H3/t8-/m1/s1. The minimum atomic E-state index is -0.673. The van der Waals surface area contributed by atoms with Crippen LogP contribution in [0.25, 0.3) is 0 Å². The number of aliphatic hydroxyl groups is 1. The normalized spacial score (nSPS) is 11.6. The van der Waals surface area contributed by atoms with Crippen LogP contribution in [0.1, 0.15) is 12.5 Å². The fourth-order valence-corrected chi connectivity index (χ4v) is 0.754. The van der Waals surface area contributed by atoms with Crippen molar-refractivity contribution in [3.05, 3.63) is 35.6 Å².